The Morgan fingerprint density at radius 2 is 2.00 bits per heavy atom. The molecule has 0 radical (unpaired) electrons. The van der Waals surface area contributed by atoms with Crippen molar-refractivity contribution in [2.75, 3.05) is 24.2 Å². The van der Waals surface area contributed by atoms with Crippen molar-refractivity contribution in [3.63, 3.8) is 0 Å². The molecule has 0 spiro atoms. The number of aryl methyl sites for hydroxylation is 1. The summed E-state index contributed by atoms with van der Waals surface area (Å²) in [6.07, 6.45) is 1.34. The molecular formula is C14H23N3O3S. The van der Waals surface area contributed by atoms with Crippen molar-refractivity contribution >= 4 is 21.6 Å². The minimum atomic E-state index is -3.47. The van der Waals surface area contributed by atoms with Gasteiger partial charge in [-0.3, -0.25) is 4.79 Å². The highest BCUT2D eigenvalue weighted by Gasteiger charge is 2.08. The molecule has 118 valence electrons. The van der Waals surface area contributed by atoms with Crippen LogP contribution in [0.1, 0.15) is 35.7 Å². The van der Waals surface area contributed by atoms with E-state index in [9.17, 15) is 13.2 Å². The molecule has 6 nitrogen and oxygen atoms in total. The third kappa shape index (κ3) is 6.59. The number of carbonyl (C=O) groups is 1. The molecule has 1 aromatic carbocycles. The van der Waals surface area contributed by atoms with Gasteiger partial charge in [0, 0.05) is 24.3 Å². The highest BCUT2D eigenvalue weighted by Crippen LogP contribution is 2.16. The quantitative estimate of drug-likeness (QED) is 0.628. The lowest BCUT2D eigenvalue weighted by atomic mass is 10.1. The molecule has 1 aromatic rings. The molecule has 1 amide bonds. The number of rotatable bonds is 8. The monoisotopic (exact) mass is 313 g/mol. The van der Waals surface area contributed by atoms with Gasteiger partial charge in [-0.2, -0.15) is 0 Å². The first-order valence-corrected chi connectivity index (χ1v) is 8.68. The summed E-state index contributed by atoms with van der Waals surface area (Å²) in [5, 5.41) is 10.9. The minimum absolute atomic E-state index is 0.133. The van der Waals surface area contributed by atoms with Gasteiger partial charge in [0.05, 0.1) is 5.75 Å². The molecule has 0 aliphatic carbocycles. The number of amides is 1. The van der Waals surface area contributed by atoms with Gasteiger partial charge in [0.25, 0.3) is 5.91 Å². The van der Waals surface area contributed by atoms with Crippen molar-refractivity contribution in [3.8, 4) is 0 Å². The Morgan fingerprint density at radius 1 is 1.29 bits per heavy atom. The number of primary sulfonamides is 1. The first-order valence-electron chi connectivity index (χ1n) is 6.96. The molecule has 7 heteroatoms. The summed E-state index contributed by atoms with van der Waals surface area (Å²) in [6.45, 7) is 5.20. The highest BCUT2D eigenvalue weighted by molar-refractivity contribution is 7.89. The Bertz CT molecular complexity index is 585. The van der Waals surface area contributed by atoms with Crippen molar-refractivity contribution in [1.82, 2.24) is 5.32 Å². The first kappa shape index (κ1) is 17.5. The molecule has 4 N–H and O–H groups in total. The predicted molar refractivity (Wildman–Crippen MR) is 84.9 cm³/mol. The number of hydrogen-bond donors (Lipinski definition) is 3. The van der Waals surface area contributed by atoms with Crippen LogP contribution in [0.5, 0.6) is 0 Å². The average molecular weight is 313 g/mol. The van der Waals surface area contributed by atoms with Gasteiger partial charge in [0.15, 0.2) is 0 Å². The smallest absolute Gasteiger partial charge is 0.251 e. The van der Waals surface area contributed by atoms with Gasteiger partial charge in [0.1, 0.15) is 0 Å². The minimum Gasteiger partial charge on any atom is -0.385 e. The Hall–Kier alpha value is -1.60. The average Bonchev–Trinajstić information content (AvgIpc) is 2.41. The van der Waals surface area contributed by atoms with E-state index in [0.717, 1.165) is 24.2 Å². The molecule has 0 saturated heterocycles. The Kier molecular flexibility index (Phi) is 6.64. The van der Waals surface area contributed by atoms with Gasteiger partial charge < -0.3 is 10.6 Å². The highest BCUT2D eigenvalue weighted by atomic mass is 32.2. The van der Waals surface area contributed by atoms with Crippen LogP contribution in [0.4, 0.5) is 5.69 Å². The SMILES string of the molecule is CCCNc1ccc(C(=O)NCCCS(N)(=O)=O)cc1C. The van der Waals surface area contributed by atoms with Crippen molar-refractivity contribution in [3.05, 3.63) is 29.3 Å². The summed E-state index contributed by atoms with van der Waals surface area (Å²) in [6, 6.07) is 5.44. The van der Waals surface area contributed by atoms with Crippen molar-refractivity contribution in [1.29, 1.82) is 0 Å². The number of sulfonamides is 1. The number of benzene rings is 1. The van der Waals surface area contributed by atoms with Crippen LogP contribution in [-0.2, 0) is 10.0 Å². The molecule has 0 bridgehead atoms. The number of carbonyl (C=O) groups excluding carboxylic acids is 1. The van der Waals surface area contributed by atoms with Crippen molar-refractivity contribution < 1.29 is 13.2 Å². The predicted octanol–water partition coefficient (Wildman–Crippen LogP) is 1.23. The fourth-order valence-corrected chi connectivity index (χ4v) is 2.39. The maximum atomic E-state index is 11.9. The van der Waals surface area contributed by atoms with Gasteiger partial charge in [0.2, 0.25) is 10.0 Å². The molecule has 21 heavy (non-hydrogen) atoms. The van der Waals surface area contributed by atoms with E-state index >= 15 is 0 Å². The largest absolute Gasteiger partial charge is 0.385 e. The lowest BCUT2D eigenvalue weighted by Gasteiger charge is -2.10. The van der Waals surface area contributed by atoms with E-state index in [2.05, 4.69) is 17.6 Å². The number of nitrogens with two attached hydrogens (primary N) is 1. The molecule has 0 aromatic heterocycles. The van der Waals surface area contributed by atoms with Crippen LogP contribution in [0.25, 0.3) is 0 Å². The second-order valence-electron chi connectivity index (χ2n) is 4.93. The van der Waals surface area contributed by atoms with Crippen LogP contribution in [-0.4, -0.2) is 33.2 Å². The molecule has 1 rings (SSSR count). The lowest BCUT2D eigenvalue weighted by Crippen LogP contribution is -2.27. The summed E-state index contributed by atoms with van der Waals surface area (Å²) in [5.74, 6) is -0.346. The molecule has 0 atom stereocenters. The van der Waals surface area contributed by atoms with Gasteiger partial charge in [-0.25, -0.2) is 13.6 Å². The maximum Gasteiger partial charge on any atom is 0.251 e. The molecule has 0 saturated carbocycles. The van der Waals surface area contributed by atoms with Gasteiger partial charge in [-0.05, 0) is 43.5 Å². The normalized spacial score (nSPS) is 11.2. The van der Waals surface area contributed by atoms with Crippen LogP contribution in [0.15, 0.2) is 18.2 Å². The van der Waals surface area contributed by atoms with E-state index in [-0.39, 0.29) is 18.2 Å². The molecule has 0 fully saturated rings. The summed E-state index contributed by atoms with van der Waals surface area (Å²) >= 11 is 0. The van der Waals surface area contributed by atoms with Crippen molar-refractivity contribution in [2.24, 2.45) is 5.14 Å². The zero-order valence-electron chi connectivity index (χ0n) is 12.5. The first-order chi connectivity index (χ1) is 9.83. The van der Waals surface area contributed by atoms with Crippen LogP contribution in [0.3, 0.4) is 0 Å². The van der Waals surface area contributed by atoms with Crippen LogP contribution >= 0.6 is 0 Å². The lowest BCUT2D eigenvalue weighted by molar-refractivity contribution is 0.0953. The van der Waals surface area contributed by atoms with E-state index in [0.29, 0.717) is 12.0 Å². The second-order valence-corrected chi connectivity index (χ2v) is 6.67. The van der Waals surface area contributed by atoms with Gasteiger partial charge in [-0.1, -0.05) is 6.92 Å². The fraction of sp³-hybridized carbons (Fsp3) is 0.500. The summed E-state index contributed by atoms with van der Waals surface area (Å²) < 4.78 is 21.5. The van der Waals surface area contributed by atoms with E-state index in [1.807, 2.05) is 19.1 Å². The topological polar surface area (TPSA) is 101 Å². The van der Waals surface area contributed by atoms with Crippen LogP contribution < -0.4 is 15.8 Å². The zero-order chi connectivity index (χ0) is 15.9. The van der Waals surface area contributed by atoms with Gasteiger partial charge in [-0.15, -0.1) is 0 Å². The summed E-state index contributed by atoms with van der Waals surface area (Å²) in [7, 11) is -3.47. The number of hydrogen-bond acceptors (Lipinski definition) is 4. The Balaban J connectivity index is 2.53. The molecule has 0 unspecified atom stereocenters. The standard InChI is InChI=1S/C14H23N3O3S/c1-3-7-16-13-6-5-12(10-11(13)2)14(18)17-8-4-9-21(15,19)20/h5-6,10,16H,3-4,7-9H2,1-2H3,(H,17,18)(H2,15,19,20). The molecule has 0 heterocycles. The van der Waals surface area contributed by atoms with E-state index in [1.54, 1.807) is 6.07 Å². The van der Waals surface area contributed by atoms with Gasteiger partial charge >= 0.3 is 0 Å². The molecular weight excluding hydrogens is 290 g/mol. The Morgan fingerprint density at radius 3 is 2.57 bits per heavy atom. The second kappa shape index (κ2) is 7.99. The van der Waals surface area contributed by atoms with Crippen LogP contribution in [0, 0.1) is 6.92 Å². The van der Waals surface area contributed by atoms with Crippen molar-refractivity contribution in [2.45, 2.75) is 26.7 Å². The van der Waals surface area contributed by atoms with Crippen LogP contribution in [0.2, 0.25) is 0 Å². The molecule has 0 aliphatic rings. The summed E-state index contributed by atoms with van der Waals surface area (Å²) in [4.78, 5) is 11.9. The third-order valence-electron chi connectivity index (χ3n) is 2.95. The summed E-state index contributed by atoms with van der Waals surface area (Å²) in [5.41, 5.74) is 2.58. The molecule has 0 aliphatic heterocycles. The number of anilines is 1. The maximum absolute atomic E-state index is 11.9. The van der Waals surface area contributed by atoms with E-state index in [4.69, 9.17) is 5.14 Å². The Labute approximate surface area is 126 Å². The number of nitrogens with one attached hydrogen (secondary N) is 2. The van der Waals surface area contributed by atoms with E-state index in [1.165, 1.54) is 0 Å². The zero-order valence-corrected chi connectivity index (χ0v) is 13.3. The fourth-order valence-electron chi connectivity index (χ4n) is 1.84. The third-order valence-corrected chi connectivity index (χ3v) is 3.80. The van der Waals surface area contributed by atoms with E-state index < -0.39 is 10.0 Å².